The highest BCUT2D eigenvalue weighted by molar-refractivity contribution is 5.90. The van der Waals surface area contributed by atoms with Crippen molar-refractivity contribution in [2.45, 2.75) is 76.8 Å². The van der Waals surface area contributed by atoms with Crippen LogP contribution in [0.2, 0.25) is 0 Å². The molecular weight excluding hydrogens is 352 g/mol. The molecule has 1 heterocycles. The van der Waals surface area contributed by atoms with Gasteiger partial charge in [-0.15, -0.1) is 0 Å². The molecule has 1 aromatic rings. The topological polar surface area (TPSA) is 58.6 Å². The lowest BCUT2D eigenvalue weighted by Gasteiger charge is -2.29. The van der Waals surface area contributed by atoms with Crippen LogP contribution in [-0.4, -0.2) is 36.4 Å². The van der Waals surface area contributed by atoms with E-state index in [1.807, 2.05) is 29.2 Å². The van der Waals surface area contributed by atoms with Gasteiger partial charge in [-0.3, -0.25) is 9.59 Å². The minimum Gasteiger partial charge on any atom is -0.497 e. The van der Waals surface area contributed by atoms with Crippen molar-refractivity contribution in [3.05, 3.63) is 29.8 Å². The molecule has 2 atom stereocenters. The number of nitrogens with zero attached hydrogens (tertiary/aromatic N) is 1. The Hall–Kier alpha value is -2.04. The molecule has 3 rings (SSSR count). The molecule has 1 N–H and O–H groups in total. The fourth-order valence-electron chi connectivity index (χ4n) is 4.56. The molecule has 1 saturated carbocycles. The molecule has 2 aliphatic rings. The number of rotatable bonds is 7. The first-order chi connectivity index (χ1) is 13.6. The van der Waals surface area contributed by atoms with Crippen molar-refractivity contribution >= 4 is 11.8 Å². The average Bonchev–Trinajstić information content (AvgIpc) is 2.86. The van der Waals surface area contributed by atoms with Gasteiger partial charge in [-0.1, -0.05) is 51.2 Å². The Kier molecular flexibility index (Phi) is 7.35. The van der Waals surface area contributed by atoms with Gasteiger partial charge in [0, 0.05) is 19.0 Å². The van der Waals surface area contributed by atoms with Crippen molar-refractivity contribution in [1.82, 2.24) is 10.2 Å². The second-order valence-corrected chi connectivity index (χ2v) is 8.17. The molecule has 2 fully saturated rings. The Labute approximate surface area is 168 Å². The predicted octanol–water partition coefficient (Wildman–Crippen LogP) is 4.22. The fourth-order valence-corrected chi connectivity index (χ4v) is 4.56. The molecule has 1 saturated heterocycles. The van der Waals surface area contributed by atoms with Gasteiger partial charge in [0.15, 0.2) is 0 Å². The van der Waals surface area contributed by atoms with Gasteiger partial charge in [0.1, 0.15) is 5.75 Å². The van der Waals surface area contributed by atoms with E-state index in [1.165, 1.54) is 25.7 Å². The zero-order valence-corrected chi connectivity index (χ0v) is 17.3. The average molecular weight is 387 g/mol. The van der Waals surface area contributed by atoms with E-state index in [4.69, 9.17) is 4.74 Å². The van der Waals surface area contributed by atoms with Crippen LogP contribution in [-0.2, 0) is 9.59 Å². The van der Waals surface area contributed by atoms with E-state index >= 15 is 0 Å². The zero-order chi connectivity index (χ0) is 19.9. The number of methoxy groups -OCH3 is 1. The molecule has 0 bridgehead atoms. The highest BCUT2D eigenvalue weighted by Crippen LogP contribution is 2.39. The van der Waals surface area contributed by atoms with Crippen molar-refractivity contribution < 1.29 is 14.3 Å². The number of carbonyl (C=O) groups excluding carboxylic acids is 2. The summed E-state index contributed by atoms with van der Waals surface area (Å²) in [4.78, 5) is 27.9. The van der Waals surface area contributed by atoms with Crippen molar-refractivity contribution in [3.8, 4) is 5.75 Å². The van der Waals surface area contributed by atoms with Crippen LogP contribution in [0, 0.1) is 5.92 Å². The normalized spacial score (nSPS) is 23.5. The largest absolute Gasteiger partial charge is 0.497 e. The molecule has 1 aliphatic heterocycles. The van der Waals surface area contributed by atoms with Crippen LogP contribution >= 0.6 is 0 Å². The smallest absolute Gasteiger partial charge is 0.226 e. The highest BCUT2D eigenvalue weighted by Gasteiger charge is 2.44. The third-order valence-electron chi connectivity index (χ3n) is 6.18. The monoisotopic (exact) mass is 386 g/mol. The highest BCUT2D eigenvalue weighted by atomic mass is 16.5. The maximum atomic E-state index is 13.2. The molecule has 2 amide bonds. The SMILES string of the molecule is CCCCN1C(=O)C[C@H](C(=O)NC2CCCCCC2)[C@@H]1c1ccc(OC)cc1. The van der Waals surface area contributed by atoms with Gasteiger partial charge in [0.25, 0.3) is 0 Å². The lowest BCUT2D eigenvalue weighted by atomic mass is 9.92. The van der Waals surface area contributed by atoms with Crippen LogP contribution in [0.4, 0.5) is 0 Å². The minimum absolute atomic E-state index is 0.0417. The third-order valence-corrected chi connectivity index (χ3v) is 6.18. The quantitative estimate of drug-likeness (QED) is 0.714. The number of benzene rings is 1. The van der Waals surface area contributed by atoms with Crippen LogP contribution < -0.4 is 10.1 Å². The lowest BCUT2D eigenvalue weighted by Crippen LogP contribution is -2.41. The number of amides is 2. The number of ether oxygens (including phenoxy) is 1. The van der Waals surface area contributed by atoms with Gasteiger partial charge >= 0.3 is 0 Å². The molecule has 154 valence electrons. The van der Waals surface area contributed by atoms with Gasteiger partial charge in [-0.2, -0.15) is 0 Å². The van der Waals surface area contributed by atoms with E-state index in [2.05, 4.69) is 12.2 Å². The molecule has 5 nitrogen and oxygen atoms in total. The summed E-state index contributed by atoms with van der Waals surface area (Å²) < 4.78 is 5.27. The summed E-state index contributed by atoms with van der Waals surface area (Å²) in [6.07, 6.45) is 9.27. The first-order valence-corrected chi connectivity index (χ1v) is 10.9. The number of hydrogen-bond acceptors (Lipinski definition) is 3. The standard InChI is InChI=1S/C23H34N2O3/c1-3-4-15-25-21(26)16-20(22(25)17-11-13-19(28-2)14-12-17)23(27)24-18-9-7-5-6-8-10-18/h11-14,18,20,22H,3-10,15-16H2,1-2H3,(H,24,27)/t20-,22-/m0/s1. The van der Waals surface area contributed by atoms with E-state index in [-0.39, 0.29) is 29.8 Å². The summed E-state index contributed by atoms with van der Waals surface area (Å²) in [5.41, 5.74) is 1.02. The molecule has 0 spiro atoms. The summed E-state index contributed by atoms with van der Waals surface area (Å²) in [6.45, 7) is 2.83. The summed E-state index contributed by atoms with van der Waals surface area (Å²) in [5, 5.41) is 3.28. The molecule has 1 aromatic carbocycles. The Bertz CT molecular complexity index is 650. The Balaban J connectivity index is 1.79. The van der Waals surface area contributed by atoms with Crippen LogP contribution in [0.1, 0.15) is 76.3 Å². The fraction of sp³-hybridized carbons (Fsp3) is 0.652. The van der Waals surface area contributed by atoms with Crippen molar-refractivity contribution in [2.24, 2.45) is 5.92 Å². The molecular formula is C23H34N2O3. The van der Waals surface area contributed by atoms with Gasteiger partial charge in [0.2, 0.25) is 11.8 Å². The van der Waals surface area contributed by atoms with Gasteiger partial charge in [-0.25, -0.2) is 0 Å². The Morgan fingerprint density at radius 2 is 1.82 bits per heavy atom. The summed E-state index contributed by atoms with van der Waals surface area (Å²) in [6, 6.07) is 7.88. The van der Waals surface area contributed by atoms with Gasteiger partial charge < -0.3 is 15.0 Å². The van der Waals surface area contributed by atoms with E-state index in [0.717, 1.165) is 37.0 Å². The van der Waals surface area contributed by atoms with E-state index in [9.17, 15) is 9.59 Å². The minimum atomic E-state index is -0.319. The number of likely N-dealkylation sites (tertiary alicyclic amines) is 1. The maximum Gasteiger partial charge on any atom is 0.226 e. The summed E-state index contributed by atoms with van der Waals surface area (Å²) in [7, 11) is 1.64. The molecule has 5 heteroatoms. The first kappa shape index (κ1) is 20.7. The predicted molar refractivity (Wildman–Crippen MR) is 110 cm³/mol. The van der Waals surface area contributed by atoms with E-state index < -0.39 is 0 Å². The molecule has 1 aliphatic carbocycles. The van der Waals surface area contributed by atoms with E-state index in [1.54, 1.807) is 7.11 Å². The second-order valence-electron chi connectivity index (χ2n) is 8.17. The Morgan fingerprint density at radius 3 is 2.43 bits per heavy atom. The number of carbonyl (C=O) groups is 2. The van der Waals surface area contributed by atoms with E-state index in [0.29, 0.717) is 13.0 Å². The first-order valence-electron chi connectivity index (χ1n) is 10.9. The number of nitrogens with one attached hydrogen (secondary N) is 1. The molecule has 0 aromatic heterocycles. The maximum absolute atomic E-state index is 13.2. The Morgan fingerprint density at radius 1 is 1.14 bits per heavy atom. The zero-order valence-electron chi connectivity index (χ0n) is 17.3. The number of hydrogen-bond donors (Lipinski definition) is 1. The van der Waals surface area contributed by atoms with Crippen molar-refractivity contribution in [2.75, 3.05) is 13.7 Å². The van der Waals surface area contributed by atoms with Gasteiger partial charge in [-0.05, 0) is 37.0 Å². The van der Waals surface area contributed by atoms with Gasteiger partial charge in [0.05, 0.1) is 19.1 Å². The van der Waals surface area contributed by atoms with Crippen LogP contribution in [0.25, 0.3) is 0 Å². The second kappa shape index (κ2) is 9.94. The van der Waals surface area contributed by atoms with Crippen LogP contribution in [0.15, 0.2) is 24.3 Å². The molecule has 28 heavy (non-hydrogen) atoms. The third kappa shape index (κ3) is 4.86. The molecule has 0 unspecified atom stereocenters. The summed E-state index contributed by atoms with van der Waals surface area (Å²) >= 11 is 0. The van der Waals surface area contributed by atoms with Crippen LogP contribution in [0.3, 0.4) is 0 Å². The number of unbranched alkanes of at least 4 members (excludes halogenated alkanes) is 1. The summed E-state index contributed by atoms with van der Waals surface area (Å²) in [5.74, 6) is 0.601. The lowest BCUT2D eigenvalue weighted by molar-refractivity contribution is -0.129. The van der Waals surface area contributed by atoms with Crippen molar-refractivity contribution in [1.29, 1.82) is 0 Å². The molecule has 0 radical (unpaired) electrons. The van der Waals surface area contributed by atoms with Crippen molar-refractivity contribution in [3.63, 3.8) is 0 Å². The van der Waals surface area contributed by atoms with Crippen LogP contribution in [0.5, 0.6) is 5.75 Å².